The van der Waals surface area contributed by atoms with Crippen LogP contribution in [0.25, 0.3) is 0 Å². The van der Waals surface area contributed by atoms with Crippen LogP contribution in [0.15, 0.2) is 41.3 Å². The smallest absolute Gasteiger partial charge is 0.337 e. The number of nitrogens with one attached hydrogen (secondary N) is 1. The summed E-state index contributed by atoms with van der Waals surface area (Å²) in [5.74, 6) is -3.20. The Morgan fingerprint density at radius 3 is 2.32 bits per heavy atom. The molecule has 9 heteroatoms. The first kappa shape index (κ1) is 16.2. The molecule has 2 aromatic rings. The van der Waals surface area contributed by atoms with Gasteiger partial charge in [0.05, 0.1) is 16.3 Å². The molecular formula is C13H8ClF2NO4S. The molecule has 0 atom stereocenters. The molecule has 0 amide bonds. The molecule has 0 fully saturated rings. The molecule has 22 heavy (non-hydrogen) atoms. The third-order valence-electron chi connectivity index (χ3n) is 2.64. The molecule has 116 valence electrons. The number of benzene rings is 2. The zero-order chi connectivity index (χ0) is 16.5. The molecule has 5 nitrogen and oxygen atoms in total. The fourth-order valence-electron chi connectivity index (χ4n) is 1.67. The highest BCUT2D eigenvalue weighted by Crippen LogP contribution is 2.26. The Morgan fingerprint density at radius 1 is 1.09 bits per heavy atom. The topological polar surface area (TPSA) is 83.5 Å². The number of sulfonamides is 1. The van der Waals surface area contributed by atoms with Crippen LogP contribution in [-0.2, 0) is 10.0 Å². The molecular weight excluding hydrogens is 340 g/mol. The molecule has 0 saturated carbocycles. The first-order chi connectivity index (χ1) is 10.2. The molecule has 2 rings (SSSR count). The molecule has 0 aliphatic carbocycles. The van der Waals surface area contributed by atoms with Crippen LogP contribution in [-0.4, -0.2) is 19.5 Å². The van der Waals surface area contributed by atoms with Crippen molar-refractivity contribution in [1.82, 2.24) is 0 Å². The first-order valence-corrected chi connectivity index (χ1v) is 7.57. The van der Waals surface area contributed by atoms with E-state index in [1.165, 1.54) is 0 Å². The normalized spacial score (nSPS) is 11.2. The molecule has 2 aromatic carbocycles. The van der Waals surface area contributed by atoms with Gasteiger partial charge in [0.1, 0.15) is 16.5 Å². The van der Waals surface area contributed by atoms with Crippen molar-refractivity contribution in [2.75, 3.05) is 4.72 Å². The van der Waals surface area contributed by atoms with Crippen LogP contribution in [0.3, 0.4) is 0 Å². The van der Waals surface area contributed by atoms with Gasteiger partial charge in [-0.2, -0.15) is 0 Å². The number of aromatic carboxylic acids is 1. The maximum absolute atomic E-state index is 13.2. The maximum Gasteiger partial charge on any atom is 0.337 e. The molecule has 0 heterocycles. The Labute approximate surface area is 129 Å². The van der Waals surface area contributed by atoms with Crippen LogP contribution in [0.4, 0.5) is 14.5 Å². The third-order valence-corrected chi connectivity index (χ3v) is 4.49. The summed E-state index contributed by atoms with van der Waals surface area (Å²) in [6.07, 6.45) is 0. The van der Waals surface area contributed by atoms with Crippen molar-refractivity contribution >= 4 is 33.3 Å². The average Bonchev–Trinajstić information content (AvgIpc) is 2.43. The van der Waals surface area contributed by atoms with Crippen LogP contribution in [0.1, 0.15) is 10.4 Å². The highest BCUT2D eigenvalue weighted by Gasteiger charge is 2.22. The number of carboxylic acids is 1. The Morgan fingerprint density at radius 2 is 1.68 bits per heavy atom. The minimum Gasteiger partial charge on any atom is -0.478 e. The van der Waals surface area contributed by atoms with E-state index in [-0.39, 0.29) is 10.7 Å². The van der Waals surface area contributed by atoms with Crippen LogP contribution < -0.4 is 4.72 Å². The van der Waals surface area contributed by atoms with Gasteiger partial charge in [0, 0.05) is 0 Å². The Hall–Kier alpha value is -2.19. The lowest BCUT2D eigenvalue weighted by atomic mass is 10.2. The van der Waals surface area contributed by atoms with Gasteiger partial charge in [0.15, 0.2) is 0 Å². The molecule has 0 unspecified atom stereocenters. The van der Waals surface area contributed by atoms with Crippen molar-refractivity contribution in [3.63, 3.8) is 0 Å². The van der Waals surface area contributed by atoms with Crippen molar-refractivity contribution in [1.29, 1.82) is 0 Å². The summed E-state index contributed by atoms with van der Waals surface area (Å²) < 4.78 is 52.6. The Kier molecular flexibility index (Phi) is 4.34. The maximum atomic E-state index is 13.2. The van der Waals surface area contributed by atoms with Crippen LogP contribution in [0, 0.1) is 11.6 Å². The lowest BCUT2D eigenvalue weighted by Crippen LogP contribution is -2.16. The second kappa shape index (κ2) is 5.90. The number of hydrogen-bond acceptors (Lipinski definition) is 3. The highest BCUT2D eigenvalue weighted by molar-refractivity contribution is 7.92. The zero-order valence-corrected chi connectivity index (χ0v) is 12.3. The van der Waals surface area contributed by atoms with Gasteiger partial charge in [-0.05, 0) is 36.4 Å². The zero-order valence-electron chi connectivity index (χ0n) is 10.7. The van der Waals surface area contributed by atoms with Crippen molar-refractivity contribution < 1.29 is 27.1 Å². The lowest BCUT2D eigenvalue weighted by Gasteiger charge is -2.11. The summed E-state index contributed by atoms with van der Waals surface area (Å²) in [5, 5.41) is 8.73. The highest BCUT2D eigenvalue weighted by atomic mass is 35.5. The van der Waals surface area contributed by atoms with Crippen LogP contribution >= 0.6 is 11.6 Å². The van der Waals surface area contributed by atoms with E-state index in [0.717, 1.165) is 24.3 Å². The van der Waals surface area contributed by atoms with E-state index in [0.29, 0.717) is 12.1 Å². The van der Waals surface area contributed by atoms with Gasteiger partial charge in [0.2, 0.25) is 0 Å². The predicted molar refractivity (Wildman–Crippen MR) is 75.6 cm³/mol. The lowest BCUT2D eigenvalue weighted by molar-refractivity contribution is 0.0697. The van der Waals surface area contributed by atoms with Gasteiger partial charge in [-0.1, -0.05) is 11.6 Å². The Bertz CT molecular complexity index is 855. The summed E-state index contributed by atoms with van der Waals surface area (Å²) >= 11 is 5.71. The molecule has 0 radical (unpaired) electrons. The molecule has 2 N–H and O–H groups in total. The first-order valence-electron chi connectivity index (χ1n) is 5.71. The van der Waals surface area contributed by atoms with Crippen molar-refractivity contribution in [2.45, 2.75) is 4.90 Å². The van der Waals surface area contributed by atoms with Gasteiger partial charge in [-0.3, -0.25) is 4.72 Å². The minimum atomic E-state index is -4.34. The van der Waals surface area contributed by atoms with Crippen LogP contribution in [0.5, 0.6) is 0 Å². The number of carboxylic acid groups (broad SMARTS) is 1. The third kappa shape index (κ3) is 3.34. The quantitative estimate of drug-likeness (QED) is 0.890. The van der Waals surface area contributed by atoms with E-state index in [4.69, 9.17) is 16.7 Å². The summed E-state index contributed by atoms with van der Waals surface area (Å²) in [7, 11) is -4.34. The average molecular weight is 348 g/mol. The van der Waals surface area contributed by atoms with E-state index in [1.54, 1.807) is 0 Å². The number of hydrogen-bond donors (Lipinski definition) is 2. The molecule has 0 saturated heterocycles. The number of rotatable bonds is 4. The van der Waals surface area contributed by atoms with Gasteiger partial charge in [-0.15, -0.1) is 0 Å². The Balaban J connectivity index is 2.50. The van der Waals surface area contributed by atoms with Crippen molar-refractivity contribution in [3.8, 4) is 0 Å². The summed E-state index contributed by atoms with van der Waals surface area (Å²) in [4.78, 5) is 10.5. The second-order valence-corrected chi connectivity index (χ2v) is 6.23. The minimum absolute atomic E-state index is 0.243. The molecule has 0 spiro atoms. The van der Waals surface area contributed by atoms with Gasteiger partial charge < -0.3 is 5.11 Å². The molecule has 0 aromatic heterocycles. The molecule has 0 bridgehead atoms. The van der Waals surface area contributed by atoms with Crippen molar-refractivity contribution in [2.24, 2.45) is 0 Å². The predicted octanol–water partition coefficient (Wildman–Crippen LogP) is 3.12. The van der Waals surface area contributed by atoms with Gasteiger partial charge >= 0.3 is 5.97 Å². The number of halogens is 3. The van der Waals surface area contributed by atoms with Gasteiger partial charge in [0.25, 0.3) is 10.0 Å². The fourth-order valence-corrected chi connectivity index (χ4v) is 3.26. The second-order valence-electron chi connectivity index (χ2n) is 4.18. The van der Waals surface area contributed by atoms with Crippen molar-refractivity contribution in [3.05, 3.63) is 58.6 Å². The van der Waals surface area contributed by atoms with E-state index in [2.05, 4.69) is 0 Å². The molecule has 0 aliphatic rings. The fraction of sp³-hybridized carbons (Fsp3) is 0. The van der Waals surface area contributed by atoms with E-state index in [9.17, 15) is 22.0 Å². The number of anilines is 1. The van der Waals surface area contributed by atoms with Crippen LogP contribution in [0.2, 0.25) is 5.02 Å². The standard InChI is InChI=1S/C13H8ClF2NO4S/c14-10-3-1-8(16)6-12(10)22(20,21)17-11-4-2-7(15)5-9(11)13(18)19/h1-6,17H,(H,18,19). The van der Waals surface area contributed by atoms with Gasteiger partial charge in [-0.25, -0.2) is 22.0 Å². The van der Waals surface area contributed by atoms with E-state index in [1.807, 2.05) is 4.72 Å². The summed E-state index contributed by atoms with van der Waals surface area (Å²) in [6, 6.07) is 5.21. The SMILES string of the molecule is O=C(O)c1cc(F)ccc1NS(=O)(=O)c1cc(F)ccc1Cl. The largest absolute Gasteiger partial charge is 0.478 e. The summed E-state index contributed by atoms with van der Waals surface area (Å²) in [5.41, 5.74) is -0.953. The van der Waals surface area contributed by atoms with E-state index >= 15 is 0 Å². The monoisotopic (exact) mass is 347 g/mol. The summed E-state index contributed by atoms with van der Waals surface area (Å²) in [6.45, 7) is 0. The number of carbonyl (C=O) groups is 1. The van der Waals surface area contributed by atoms with E-state index < -0.39 is 38.1 Å². The molecule has 0 aliphatic heterocycles.